The number of carbonyl (C=O) groups is 4. The highest BCUT2D eigenvalue weighted by molar-refractivity contribution is 6.06. The molecule has 18 heteroatoms. The predicted molar refractivity (Wildman–Crippen MR) is 263 cm³/mol. The van der Waals surface area contributed by atoms with Crippen LogP contribution in [0.25, 0.3) is 32.9 Å². The summed E-state index contributed by atoms with van der Waals surface area (Å²) in [5.41, 5.74) is 3.83. The summed E-state index contributed by atoms with van der Waals surface area (Å²) < 4.78 is 30.0. The molecule has 6 fully saturated rings. The van der Waals surface area contributed by atoms with Gasteiger partial charge in [-0.25, -0.2) is 9.18 Å². The fourth-order valence-electron chi connectivity index (χ4n) is 12.9. The van der Waals surface area contributed by atoms with Crippen LogP contribution in [0.3, 0.4) is 0 Å². The fourth-order valence-corrected chi connectivity index (χ4v) is 12.9. The molecule has 17 nitrogen and oxygen atoms in total. The average Bonchev–Trinajstić information content (AvgIpc) is 4.09. The molecule has 5 atom stereocenters. The predicted octanol–water partition coefficient (Wildman–Crippen LogP) is 5.63. The molecule has 7 aliphatic rings. The van der Waals surface area contributed by atoms with E-state index in [4.69, 9.17) is 24.4 Å². The number of amides is 4. The first-order valence-electron chi connectivity index (χ1n) is 25.4. The van der Waals surface area contributed by atoms with Crippen LogP contribution >= 0.6 is 0 Å². The lowest BCUT2D eigenvalue weighted by Gasteiger charge is -2.40. The van der Waals surface area contributed by atoms with Gasteiger partial charge in [-0.15, -0.1) is 0 Å². The average molecular weight is 967 g/mol. The third-order valence-corrected chi connectivity index (χ3v) is 16.8. The summed E-state index contributed by atoms with van der Waals surface area (Å²) in [5, 5.41) is 15.3. The molecule has 2 aromatic heterocycles. The molecular formula is C53H59FN10O7. The Balaban J connectivity index is 0.722. The number of piperidine rings is 1. The zero-order chi connectivity index (χ0) is 48.7. The van der Waals surface area contributed by atoms with Gasteiger partial charge in [0.15, 0.2) is 5.82 Å². The number of imide groups is 1. The summed E-state index contributed by atoms with van der Waals surface area (Å²) in [5.74, 6) is -0.890. The van der Waals surface area contributed by atoms with Crippen molar-refractivity contribution in [3.63, 3.8) is 0 Å². The van der Waals surface area contributed by atoms with Crippen molar-refractivity contribution in [2.45, 2.75) is 101 Å². The smallest absolute Gasteiger partial charge is 0.409 e. The van der Waals surface area contributed by atoms with E-state index in [1.165, 1.54) is 0 Å². The number of halogens is 1. The molecule has 7 aliphatic heterocycles. The van der Waals surface area contributed by atoms with Crippen LogP contribution in [0, 0.1) is 5.82 Å². The number of aromatic hydroxyl groups is 1. The molecule has 5 aromatic rings. The van der Waals surface area contributed by atoms with Gasteiger partial charge in [0.25, 0.3) is 5.91 Å². The van der Waals surface area contributed by atoms with Crippen LogP contribution in [0.4, 0.5) is 20.7 Å². The number of carbonyl (C=O) groups excluding carboxylic acids is 4. The number of nitrogens with one attached hydrogen (secondary N) is 1. The second kappa shape index (κ2) is 17.9. The maximum absolute atomic E-state index is 17.3. The van der Waals surface area contributed by atoms with Crippen LogP contribution < -0.4 is 19.9 Å². The summed E-state index contributed by atoms with van der Waals surface area (Å²) in [6.45, 7) is 7.43. The van der Waals surface area contributed by atoms with Crippen molar-refractivity contribution in [2.75, 3.05) is 75.9 Å². The first-order valence-corrected chi connectivity index (χ1v) is 25.4. The molecule has 9 heterocycles. The van der Waals surface area contributed by atoms with E-state index < -0.39 is 17.8 Å². The van der Waals surface area contributed by atoms with E-state index in [-0.39, 0.29) is 65.5 Å². The van der Waals surface area contributed by atoms with Gasteiger partial charge in [0.05, 0.1) is 10.9 Å². The number of hydrogen-bond donors (Lipinski definition) is 2. The summed E-state index contributed by atoms with van der Waals surface area (Å²) in [7, 11) is 2.18. The Labute approximate surface area is 410 Å². The van der Waals surface area contributed by atoms with E-state index in [2.05, 4.69) is 38.9 Å². The van der Waals surface area contributed by atoms with Crippen molar-refractivity contribution in [1.29, 1.82) is 0 Å². The third kappa shape index (κ3) is 7.93. The van der Waals surface area contributed by atoms with Gasteiger partial charge >= 0.3 is 12.1 Å². The molecule has 0 saturated carbocycles. The fraction of sp³-hybridized carbons (Fsp3) is 0.491. The van der Waals surface area contributed by atoms with Gasteiger partial charge in [0.2, 0.25) is 11.8 Å². The van der Waals surface area contributed by atoms with E-state index in [1.807, 2.05) is 36.4 Å². The number of aryl methyl sites for hydroxylation is 1. The van der Waals surface area contributed by atoms with E-state index in [0.717, 1.165) is 92.2 Å². The summed E-state index contributed by atoms with van der Waals surface area (Å²) in [6.07, 6.45) is 8.32. The van der Waals surface area contributed by atoms with Crippen molar-refractivity contribution in [1.82, 2.24) is 39.9 Å². The molecule has 0 radical (unpaired) electrons. The molecule has 4 amide bonds. The van der Waals surface area contributed by atoms with Crippen LogP contribution in [-0.2, 0) is 27.3 Å². The van der Waals surface area contributed by atoms with Crippen LogP contribution in [-0.4, -0.2) is 159 Å². The number of phenols is 1. The maximum atomic E-state index is 17.3. The molecule has 370 valence electrons. The number of phenolic OH excluding ortho intramolecular Hbond substituents is 1. The molecule has 6 saturated heterocycles. The monoisotopic (exact) mass is 966 g/mol. The van der Waals surface area contributed by atoms with Crippen molar-refractivity contribution < 1.29 is 38.1 Å². The highest BCUT2D eigenvalue weighted by Crippen LogP contribution is 2.44. The third-order valence-electron chi connectivity index (χ3n) is 16.8. The number of fused-ring (bicyclic) bond motifs is 6. The highest BCUT2D eigenvalue weighted by Gasteiger charge is 2.50. The minimum atomic E-state index is -0.666. The number of likely N-dealkylation sites (N-methyl/N-ethyl adjacent to an activating group) is 1. The summed E-state index contributed by atoms with van der Waals surface area (Å²) in [6, 6.07) is 15.1. The SMILES string of the molecule is CCc1cccc2cc(O)cc(-c3ncc4c(N5CC6CCC(C5)N6C)nc(OC[C@]56CCCN5[C@@H](COC(=O)N5CCN(c7ccc8c(c7)CN(C7CCC(=O)NC7=O)C8=O)CC5)CC6)nc4c3F)c12. The van der Waals surface area contributed by atoms with Crippen LogP contribution in [0.5, 0.6) is 11.8 Å². The van der Waals surface area contributed by atoms with Crippen molar-refractivity contribution >= 4 is 57.0 Å². The van der Waals surface area contributed by atoms with Gasteiger partial charge in [0, 0.05) is 93.4 Å². The van der Waals surface area contributed by atoms with Gasteiger partial charge in [-0.1, -0.05) is 25.1 Å². The number of piperazine rings is 2. The molecular weight excluding hydrogens is 908 g/mol. The zero-order valence-corrected chi connectivity index (χ0v) is 40.2. The summed E-state index contributed by atoms with van der Waals surface area (Å²) >= 11 is 0. The minimum absolute atomic E-state index is 0.0188. The second-order valence-electron chi connectivity index (χ2n) is 20.6. The summed E-state index contributed by atoms with van der Waals surface area (Å²) in [4.78, 5) is 78.3. The standard InChI is InChI=1S/C53H59FN10O7/c1-3-31-6-4-7-32-23-38(65)24-40(44(31)32)46-45(54)47-41(25-55-46)48(62-27-35-8-9-36(28-62)59(35)2)58-51(57-47)71-30-53-15-5-17-64(53)37(14-16-53)29-70-52(69)61-20-18-60(19-21-61)34-10-11-39-33(22-34)26-63(50(39)68)42-12-13-43(66)56-49(42)67/h4,6-7,10-11,22-25,35-37,42,65H,3,5,8-9,12-21,26-30H2,1-2H3,(H,56,66,67)/t35?,36?,37-,42?,53-/m1/s1. The maximum Gasteiger partial charge on any atom is 0.409 e. The van der Waals surface area contributed by atoms with Gasteiger partial charge in [-0.05, 0) is 117 Å². The molecule has 2 N–H and O–H groups in total. The number of hydrogen-bond acceptors (Lipinski definition) is 14. The van der Waals surface area contributed by atoms with Gasteiger partial charge < -0.3 is 34.2 Å². The molecule has 3 unspecified atom stereocenters. The van der Waals surface area contributed by atoms with Crippen LogP contribution in [0.1, 0.15) is 79.8 Å². The molecule has 0 spiro atoms. The lowest BCUT2D eigenvalue weighted by Crippen LogP contribution is -2.52. The van der Waals surface area contributed by atoms with Crippen molar-refractivity contribution in [2.24, 2.45) is 0 Å². The molecule has 3 aromatic carbocycles. The number of pyridine rings is 1. The number of ether oxygens (including phenoxy) is 2. The first-order chi connectivity index (χ1) is 34.4. The van der Waals surface area contributed by atoms with Gasteiger partial charge in [-0.2, -0.15) is 9.97 Å². The van der Waals surface area contributed by atoms with E-state index in [1.54, 1.807) is 28.1 Å². The van der Waals surface area contributed by atoms with Gasteiger partial charge in [-0.3, -0.25) is 34.5 Å². The second-order valence-corrected chi connectivity index (χ2v) is 20.6. The normalized spacial score (nSPS) is 25.6. The quantitative estimate of drug-likeness (QED) is 0.165. The van der Waals surface area contributed by atoms with Gasteiger partial charge in [0.1, 0.15) is 42.0 Å². The molecule has 0 aliphatic carbocycles. The number of rotatable bonds is 10. The number of aromatic nitrogens is 3. The zero-order valence-electron chi connectivity index (χ0n) is 40.2. The Morgan fingerprint density at radius 1 is 0.930 bits per heavy atom. The largest absolute Gasteiger partial charge is 0.508 e. The highest BCUT2D eigenvalue weighted by atomic mass is 19.1. The van der Waals surface area contributed by atoms with Crippen LogP contribution in [0.2, 0.25) is 0 Å². The Morgan fingerprint density at radius 2 is 1.75 bits per heavy atom. The van der Waals surface area contributed by atoms with E-state index in [0.29, 0.717) is 80.2 Å². The molecule has 2 bridgehead atoms. The Morgan fingerprint density at radius 3 is 2.54 bits per heavy atom. The number of benzene rings is 3. The number of anilines is 2. The lowest BCUT2D eigenvalue weighted by atomic mass is 9.95. The Hall–Kier alpha value is -6.66. The first kappa shape index (κ1) is 45.5. The lowest BCUT2D eigenvalue weighted by molar-refractivity contribution is -0.136. The molecule has 12 rings (SSSR count). The van der Waals surface area contributed by atoms with Crippen molar-refractivity contribution in [3.8, 4) is 23.0 Å². The number of nitrogens with zero attached hydrogens (tertiary/aromatic N) is 9. The van der Waals surface area contributed by atoms with E-state index >= 15 is 4.39 Å². The Kier molecular flexibility index (Phi) is 11.5. The van der Waals surface area contributed by atoms with E-state index in [9.17, 15) is 24.3 Å². The Bertz CT molecular complexity index is 2990. The van der Waals surface area contributed by atoms with Crippen LogP contribution in [0.15, 0.2) is 54.7 Å². The van der Waals surface area contributed by atoms with Crippen molar-refractivity contribution in [3.05, 3.63) is 77.2 Å². The topological polar surface area (TPSA) is 177 Å². The molecule has 71 heavy (non-hydrogen) atoms. The minimum Gasteiger partial charge on any atom is -0.508 e.